The van der Waals surface area contributed by atoms with Crippen LogP contribution in [-0.4, -0.2) is 39.7 Å². The van der Waals surface area contributed by atoms with E-state index in [4.69, 9.17) is 0 Å². The predicted octanol–water partition coefficient (Wildman–Crippen LogP) is 2.86. The predicted molar refractivity (Wildman–Crippen MR) is 105 cm³/mol. The van der Waals surface area contributed by atoms with E-state index < -0.39 is 0 Å². The minimum Gasteiger partial charge on any atom is -0.322 e. The molecule has 4 aromatic heterocycles. The second kappa shape index (κ2) is 6.38. The summed E-state index contributed by atoms with van der Waals surface area (Å²) in [6.07, 6.45) is 5.28. The summed E-state index contributed by atoms with van der Waals surface area (Å²) < 4.78 is 3.50. The van der Waals surface area contributed by atoms with Gasteiger partial charge in [-0.3, -0.25) is 9.67 Å². The first-order valence-electron chi connectivity index (χ1n) is 8.87. The van der Waals surface area contributed by atoms with E-state index in [1.165, 1.54) is 0 Å². The van der Waals surface area contributed by atoms with E-state index in [-0.39, 0.29) is 6.04 Å². The zero-order chi connectivity index (χ0) is 19.1. The van der Waals surface area contributed by atoms with Crippen molar-refractivity contribution in [1.82, 2.24) is 39.7 Å². The van der Waals surface area contributed by atoms with Crippen LogP contribution in [0.1, 0.15) is 18.5 Å². The molecule has 1 unspecified atom stereocenters. The molecule has 9 heteroatoms. The molecular weight excluding hydrogens is 354 g/mol. The van der Waals surface area contributed by atoms with Crippen molar-refractivity contribution in [3.8, 4) is 0 Å². The van der Waals surface area contributed by atoms with Gasteiger partial charge in [-0.2, -0.15) is 5.10 Å². The van der Waals surface area contributed by atoms with Gasteiger partial charge < -0.3 is 5.32 Å². The molecule has 4 heterocycles. The molecule has 0 spiro atoms. The molecule has 138 valence electrons. The Morgan fingerprint density at radius 3 is 2.86 bits per heavy atom. The molecule has 0 fully saturated rings. The molecule has 1 N–H and O–H groups in total. The van der Waals surface area contributed by atoms with Crippen LogP contribution in [0.4, 0.5) is 11.6 Å². The lowest BCUT2D eigenvalue weighted by Gasteiger charge is -2.13. The van der Waals surface area contributed by atoms with Crippen molar-refractivity contribution >= 4 is 33.8 Å². The normalized spacial score (nSPS) is 12.5. The van der Waals surface area contributed by atoms with Crippen molar-refractivity contribution in [2.75, 3.05) is 5.32 Å². The Hall–Kier alpha value is -3.88. The summed E-state index contributed by atoms with van der Waals surface area (Å²) >= 11 is 0. The second-order valence-corrected chi connectivity index (χ2v) is 6.57. The van der Waals surface area contributed by atoms with Gasteiger partial charge in [-0.1, -0.05) is 17.3 Å². The Balaban J connectivity index is 1.52. The molecule has 9 nitrogen and oxygen atoms in total. The number of hydrogen-bond acceptors (Lipinski definition) is 7. The van der Waals surface area contributed by atoms with Crippen LogP contribution in [0.15, 0.2) is 55.0 Å². The lowest BCUT2D eigenvalue weighted by atomic mass is 10.1. The minimum absolute atomic E-state index is 0.0611. The van der Waals surface area contributed by atoms with Crippen LogP contribution in [0.5, 0.6) is 0 Å². The highest BCUT2D eigenvalue weighted by atomic mass is 15.5. The SMILES string of the molecule is CC(c1ccc2ncccc2c1)n1nnc2ncc(Nc3ccn(C)n3)nc21. The van der Waals surface area contributed by atoms with Crippen molar-refractivity contribution in [1.29, 1.82) is 0 Å². The van der Waals surface area contributed by atoms with Crippen molar-refractivity contribution < 1.29 is 0 Å². The molecule has 0 radical (unpaired) electrons. The number of nitrogens with one attached hydrogen (secondary N) is 1. The molecular formula is C19H17N9. The fourth-order valence-electron chi connectivity index (χ4n) is 3.16. The number of fused-ring (bicyclic) bond motifs is 2. The maximum atomic E-state index is 4.65. The number of nitrogens with zero attached hydrogens (tertiary/aromatic N) is 8. The van der Waals surface area contributed by atoms with Gasteiger partial charge in [0.1, 0.15) is 0 Å². The molecule has 28 heavy (non-hydrogen) atoms. The Morgan fingerprint density at radius 2 is 2.00 bits per heavy atom. The van der Waals surface area contributed by atoms with Crippen molar-refractivity contribution in [3.63, 3.8) is 0 Å². The minimum atomic E-state index is -0.0611. The molecule has 0 saturated heterocycles. The summed E-state index contributed by atoms with van der Waals surface area (Å²) in [5, 5.41) is 17.0. The molecule has 0 aliphatic heterocycles. The van der Waals surface area contributed by atoms with Gasteiger partial charge in [-0.25, -0.2) is 14.6 Å². The summed E-state index contributed by atoms with van der Waals surface area (Å²) in [7, 11) is 1.86. The van der Waals surface area contributed by atoms with E-state index in [0.717, 1.165) is 16.5 Å². The van der Waals surface area contributed by atoms with E-state index in [1.54, 1.807) is 21.8 Å². The van der Waals surface area contributed by atoms with Crippen LogP contribution in [0.3, 0.4) is 0 Å². The van der Waals surface area contributed by atoms with E-state index >= 15 is 0 Å². The molecule has 0 saturated carbocycles. The maximum absolute atomic E-state index is 4.65. The van der Waals surface area contributed by atoms with Gasteiger partial charge in [0.2, 0.25) is 11.3 Å². The first-order valence-corrected chi connectivity index (χ1v) is 8.87. The number of hydrogen-bond donors (Lipinski definition) is 1. The van der Waals surface area contributed by atoms with Crippen molar-refractivity contribution in [2.45, 2.75) is 13.0 Å². The Bertz CT molecular complexity index is 1290. The molecule has 0 amide bonds. The first-order chi connectivity index (χ1) is 13.7. The Kier molecular flexibility index (Phi) is 3.71. The summed E-state index contributed by atoms with van der Waals surface area (Å²) in [5.74, 6) is 1.29. The van der Waals surface area contributed by atoms with Crippen LogP contribution in [0.2, 0.25) is 0 Å². The third kappa shape index (κ3) is 2.82. The molecule has 5 rings (SSSR count). The average molecular weight is 371 g/mol. The quantitative estimate of drug-likeness (QED) is 0.518. The van der Waals surface area contributed by atoms with Gasteiger partial charge in [0.25, 0.3) is 0 Å². The smallest absolute Gasteiger partial charge is 0.221 e. The molecule has 1 atom stereocenters. The number of pyridine rings is 1. The van der Waals surface area contributed by atoms with E-state index in [1.807, 2.05) is 37.5 Å². The fourth-order valence-corrected chi connectivity index (χ4v) is 3.16. The highest BCUT2D eigenvalue weighted by molar-refractivity contribution is 5.79. The van der Waals surface area contributed by atoms with Crippen molar-refractivity contribution in [3.05, 3.63) is 60.6 Å². The maximum Gasteiger partial charge on any atom is 0.221 e. The zero-order valence-corrected chi connectivity index (χ0v) is 15.4. The average Bonchev–Trinajstić information content (AvgIpc) is 3.32. The summed E-state index contributed by atoms with van der Waals surface area (Å²) in [5.41, 5.74) is 3.17. The monoisotopic (exact) mass is 371 g/mol. The molecule has 1 aromatic carbocycles. The van der Waals surface area contributed by atoms with E-state index in [2.05, 4.69) is 54.7 Å². The summed E-state index contributed by atoms with van der Waals surface area (Å²) in [4.78, 5) is 13.4. The van der Waals surface area contributed by atoms with Crippen molar-refractivity contribution in [2.24, 2.45) is 7.05 Å². The zero-order valence-electron chi connectivity index (χ0n) is 15.4. The fraction of sp³-hybridized carbons (Fsp3) is 0.158. The number of aryl methyl sites for hydroxylation is 1. The van der Waals surface area contributed by atoms with E-state index in [9.17, 15) is 0 Å². The lowest BCUT2D eigenvalue weighted by Crippen LogP contribution is -2.10. The molecule has 5 aromatic rings. The van der Waals surface area contributed by atoms with Crippen LogP contribution >= 0.6 is 0 Å². The number of benzene rings is 1. The van der Waals surface area contributed by atoms with Gasteiger partial charge in [-0.15, -0.1) is 5.10 Å². The molecule has 0 bridgehead atoms. The Labute approximate surface area is 160 Å². The van der Waals surface area contributed by atoms with Crippen LogP contribution in [0, 0.1) is 0 Å². The number of rotatable bonds is 4. The third-order valence-corrected chi connectivity index (χ3v) is 4.63. The number of anilines is 2. The lowest BCUT2D eigenvalue weighted by molar-refractivity contribution is 0.556. The van der Waals surface area contributed by atoms with Crippen LogP contribution in [-0.2, 0) is 7.05 Å². The first kappa shape index (κ1) is 16.3. The Morgan fingerprint density at radius 1 is 1.07 bits per heavy atom. The highest BCUT2D eigenvalue weighted by Gasteiger charge is 2.16. The largest absolute Gasteiger partial charge is 0.322 e. The van der Waals surface area contributed by atoms with Crippen LogP contribution in [0.25, 0.3) is 22.2 Å². The van der Waals surface area contributed by atoms with E-state index in [0.29, 0.717) is 22.9 Å². The van der Waals surface area contributed by atoms with Crippen LogP contribution < -0.4 is 5.32 Å². The topological polar surface area (TPSA) is 99.2 Å². The molecule has 0 aliphatic carbocycles. The summed E-state index contributed by atoms with van der Waals surface area (Å²) in [6.45, 7) is 2.06. The van der Waals surface area contributed by atoms with Gasteiger partial charge in [0.05, 0.1) is 17.8 Å². The highest BCUT2D eigenvalue weighted by Crippen LogP contribution is 2.24. The second-order valence-electron chi connectivity index (χ2n) is 6.57. The standard InChI is InChI=1S/C19H17N9/c1-12(13-5-6-15-14(10-13)4-3-8-20-15)28-19-18(24-26-28)21-11-17(23-19)22-16-7-9-27(2)25-16/h3-12H,1-2H3,(H,22,23,25). The summed E-state index contributed by atoms with van der Waals surface area (Å²) in [6, 6.07) is 12.0. The van der Waals surface area contributed by atoms with Gasteiger partial charge in [0.15, 0.2) is 11.6 Å². The third-order valence-electron chi connectivity index (χ3n) is 4.63. The molecule has 0 aliphatic rings. The van der Waals surface area contributed by atoms with Gasteiger partial charge in [-0.05, 0) is 30.7 Å². The van der Waals surface area contributed by atoms with Gasteiger partial charge >= 0.3 is 0 Å². The van der Waals surface area contributed by atoms with Gasteiger partial charge in [0, 0.05) is 30.9 Å². The number of aromatic nitrogens is 8.